The van der Waals surface area contributed by atoms with Gasteiger partial charge < -0.3 is 10.4 Å². The predicted octanol–water partition coefficient (Wildman–Crippen LogP) is 4.23. The molecule has 0 amide bonds. The van der Waals surface area contributed by atoms with Crippen LogP contribution in [0.3, 0.4) is 0 Å². The van der Waals surface area contributed by atoms with E-state index in [1.165, 1.54) is 44.9 Å². The van der Waals surface area contributed by atoms with E-state index in [0.29, 0.717) is 12.0 Å². The first kappa shape index (κ1) is 18.0. The van der Waals surface area contributed by atoms with E-state index in [4.69, 9.17) is 0 Å². The third kappa shape index (κ3) is 4.46. The van der Waals surface area contributed by atoms with Crippen LogP contribution in [0.5, 0.6) is 0 Å². The summed E-state index contributed by atoms with van der Waals surface area (Å²) in [6, 6.07) is 0. The molecule has 0 aliphatic heterocycles. The van der Waals surface area contributed by atoms with Crippen molar-refractivity contribution in [1.29, 1.82) is 0 Å². The lowest BCUT2D eigenvalue weighted by Gasteiger charge is -2.50. The second-order valence-electron chi connectivity index (χ2n) is 7.14. The van der Waals surface area contributed by atoms with Crippen LogP contribution in [0, 0.1) is 23.2 Å². The van der Waals surface area contributed by atoms with Crippen molar-refractivity contribution < 1.29 is 5.11 Å². The van der Waals surface area contributed by atoms with Crippen molar-refractivity contribution in [3.05, 3.63) is 0 Å². The highest BCUT2D eigenvalue weighted by Gasteiger charge is 2.44. The van der Waals surface area contributed by atoms with Gasteiger partial charge in [0.2, 0.25) is 0 Å². The smallest absolute Gasteiger partial charge is 0.0431 e. The third-order valence-electron chi connectivity index (χ3n) is 5.87. The molecule has 0 spiro atoms. The summed E-state index contributed by atoms with van der Waals surface area (Å²) in [6.45, 7) is 8.72. The lowest BCUT2D eigenvalue weighted by atomic mass is 9.55. The summed E-state index contributed by atoms with van der Waals surface area (Å²) in [7, 11) is 2.07. The molecule has 4 unspecified atom stereocenters. The Morgan fingerprint density at radius 3 is 2.55 bits per heavy atom. The fourth-order valence-corrected chi connectivity index (χ4v) is 4.63. The lowest BCUT2D eigenvalue weighted by Crippen LogP contribution is -2.43. The van der Waals surface area contributed by atoms with E-state index in [0.717, 1.165) is 30.7 Å². The Bertz CT molecular complexity index is 256. The van der Waals surface area contributed by atoms with Crippen molar-refractivity contribution >= 4 is 0 Å². The number of rotatable bonds is 9. The molecule has 1 aliphatic carbocycles. The molecule has 1 fully saturated rings. The highest BCUT2D eigenvalue weighted by molar-refractivity contribution is 4.94. The lowest BCUT2D eigenvalue weighted by molar-refractivity contribution is -0.00549. The van der Waals surface area contributed by atoms with Crippen LogP contribution in [-0.4, -0.2) is 25.3 Å². The molecule has 1 rings (SSSR count). The van der Waals surface area contributed by atoms with Crippen molar-refractivity contribution in [2.45, 2.75) is 72.1 Å². The van der Waals surface area contributed by atoms with Gasteiger partial charge in [-0.15, -0.1) is 0 Å². The summed E-state index contributed by atoms with van der Waals surface area (Å²) < 4.78 is 0. The Balaban J connectivity index is 2.85. The van der Waals surface area contributed by atoms with E-state index in [1.54, 1.807) is 0 Å². The normalized spacial score (nSPS) is 34.4. The molecule has 0 saturated heterocycles. The SMILES string of the molecule is CCCC1C(CCCO)C(CC)CCC1(C)CCNC. The number of hydrogen-bond acceptors (Lipinski definition) is 2. The van der Waals surface area contributed by atoms with Gasteiger partial charge in [-0.3, -0.25) is 0 Å². The first-order valence-electron chi connectivity index (χ1n) is 8.88. The van der Waals surface area contributed by atoms with Crippen LogP contribution in [0.2, 0.25) is 0 Å². The van der Waals surface area contributed by atoms with Gasteiger partial charge in [0, 0.05) is 6.61 Å². The standard InChI is InChI=1S/C18H37NO/c1-5-8-17-16(9-7-14-20)15(6-2)10-11-18(17,3)12-13-19-4/h15-17,19-20H,5-14H2,1-4H3. The van der Waals surface area contributed by atoms with Crippen LogP contribution < -0.4 is 5.32 Å². The van der Waals surface area contributed by atoms with Gasteiger partial charge in [0.05, 0.1) is 0 Å². The van der Waals surface area contributed by atoms with Gasteiger partial charge in [-0.1, -0.05) is 33.6 Å². The largest absolute Gasteiger partial charge is 0.396 e. The van der Waals surface area contributed by atoms with Crippen molar-refractivity contribution in [3.63, 3.8) is 0 Å². The predicted molar refractivity (Wildman–Crippen MR) is 87.9 cm³/mol. The number of hydrogen-bond donors (Lipinski definition) is 2. The molecule has 4 atom stereocenters. The molecule has 120 valence electrons. The van der Waals surface area contributed by atoms with Crippen molar-refractivity contribution in [2.24, 2.45) is 23.2 Å². The van der Waals surface area contributed by atoms with E-state index in [-0.39, 0.29) is 0 Å². The van der Waals surface area contributed by atoms with Crippen molar-refractivity contribution in [2.75, 3.05) is 20.2 Å². The maximum atomic E-state index is 9.23. The summed E-state index contributed by atoms with van der Waals surface area (Å²) in [4.78, 5) is 0. The monoisotopic (exact) mass is 283 g/mol. The van der Waals surface area contributed by atoms with Gasteiger partial charge in [0.1, 0.15) is 0 Å². The molecule has 20 heavy (non-hydrogen) atoms. The maximum Gasteiger partial charge on any atom is 0.0431 e. The quantitative estimate of drug-likeness (QED) is 0.664. The highest BCUT2D eigenvalue weighted by atomic mass is 16.2. The zero-order valence-electron chi connectivity index (χ0n) is 14.3. The molecule has 0 aromatic heterocycles. The average molecular weight is 283 g/mol. The van der Waals surface area contributed by atoms with Crippen LogP contribution in [-0.2, 0) is 0 Å². The zero-order chi connectivity index (χ0) is 15.0. The second-order valence-corrected chi connectivity index (χ2v) is 7.14. The molecular weight excluding hydrogens is 246 g/mol. The summed E-state index contributed by atoms with van der Waals surface area (Å²) in [5.41, 5.74) is 0.505. The Hall–Kier alpha value is -0.0800. The molecule has 2 heteroatoms. The number of aliphatic hydroxyl groups is 1. The average Bonchev–Trinajstić information content (AvgIpc) is 2.46. The Morgan fingerprint density at radius 1 is 1.25 bits per heavy atom. The molecule has 2 N–H and O–H groups in total. The fraction of sp³-hybridized carbons (Fsp3) is 1.00. The topological polar surface area (TPSA) is 32.3 Å². The van der Waals surface area contributed by atoms with Crippen LogP contribution >= 0.6 is 0 Å². The minimum absolute atomic E-state index is 0.360. The summed E-state index contributed by atoms with van der Waals surface area (Å²) in [5.74, 6) is 2.58. The van der Waals surface area contributed by atoms with Crippen LogP contribution in [0.25, 0.3) is 0 Å². The van der Waals surface area contributed by atoms with Gasteiger partial charge in [-0.2, -0.15) is 0 Å². The molecule has 1 saturated carbocycles. The molecule has 0 bridgehead atoms. The van der Waals surface area contributed by atoms with Gasteiger partial charge in [-0.25, -0.2) is 0 Å². The van der Waals surface area contributed by atoms with E-state index >= 15 is 0 Å². The van der Waals surface area contributed by atoms with Gasteiger partial charge in [-0.05, 0) is 75.3 Å². The summed E-state index contributed by atoms with van der Waals surface area (Å²) >= 11 is 0. The summed E-state index contributed by atoms with van der Waals surface area (Å²) in [6.07, 6.45) is 10.3. The van der Waals surface area contributed by atoms with Crippen molar-refractivity contribution in [3.8, 4) is 0 Å². The first-order chi connectivity index (χ1) is 9.62. The van der Waals surface area contributed by atoms with Gasteiger partial charge in [0.25, 0.3) is 0 Å². The maximum absolute atomic E-state index is 9.23. The van der Waals surface area contributed by atoms with Crippen LogP contribution in [0.1, 0.15) is 72.1 Å². The molecule has 0 heterocycles. The first-order valence-corrected chi connectivity index (χ1v) is 8.88. The molecule has 0 aromatic rings. The second kappa shape index (κ2) is 9.04. The highest BCUT2D eigenvalue weighted by Crippen LogP contribution is 2.52. The third-order valence-corrected chi connectivity index (χ3v) is 5.87. The van der Waals surface area contributed by atoms with E-state index in [9.17, 15) is 5.11 Å². The van der Waals surface area contributed by atoms with Gasteiger partial charge >= 0.3 is 0 Å². The molecule has 1 aliphatic rings. The Labute approximate surface area is 126 Å². The van der Waals surface area contributed by atoms with Crippen LogP contribution in [0.15, 0.2) is 0 Å². The minimum atomic E-state index is 0.360. The minimum Gasteiger partial charge on any atom is -0.396 e. The molecular formula is C18H37NO. The zero-order valence-corrected chi connectivity index (χ0v) is 14.3. The van der Waals surface area contributed by atoms with Crippen LogP contribution in [0.4, 0.5) is 0 Å². The summed E-state index contributed by atoms with van der Waals surface area (Å²) in [5, 5.41) is 12.6. The van der Waals surface area contributed by atoms with Crippen molar-refractivity contribution in [1.82, 2.24) is 5.32 Å². The molecule has 0 radical (unpaired) electrons. The van der Waals surface area contributed by atoms with Gasteiger partial charge in [0.15, 0.2) is 0 Å². The van der Waals surface area contributed by atoms with E-state index in [2.05, 4.69) is 33.1 Å². The van der Waals surface area contributed by atoms with E-state index in [1.807, 2.05) is 0 Å². The Kier molecular flexibility index (Phi) is 8.13. The number of aliphatic hydroxyl groups excluding tert-OH is 1. The Morgan fingerprint density at radius 2 is 2.00 bits per heavy atom. The molecule has 0 aromatic carbocycles. The number of nitrogens with one attached hydrogen (secondary N) is 1. The van der Waals surface area contributed by atoms with E-state index < -0.39 is 0 Å². The molecule has 2 nitrogen and oxygen atoms in total. The fourth-order valence-electron chi connectivity index (χ4n) is 4.63.